The van der Waals surface area contributed by atoms with E-state index in [1.807, 2.05) is 33.7 Å². The number of hydrogen-bond acceptors (Lipinski definition) is 3. The topological polar surface area (TPSA) is 58.4 Å². The molecular formula is C16H21N3O2. The molecule has 5 nitrogen and oxygen atoms in total. The van der Waals surface area contributed by atoms with Crippen LogP contribution in [0.25, 0.3) is 11.0 Å². The number of aliphatic hydroxyl groups excluding tert-OH is 1. The SMILES string of the molecule is O=C(Cn1c(CCO)nc2ccccc21)N1CCCCC1. The maximum Gasteiger partial charge on any atom is 0.242 e. The van der Waals surface area contributed by atoms with Crippen LogP contribution in [0.4, 0.5) is 0 Å². The van der Waals surface area contributed by atoms with Gasteiger partial charge in [-0.15, -0.1) is 0 Å². The summed E-state index contributed by atoms with van der Waals surface area (Å²) in [5, 5.41) is 9.20. The van der Waals surface area contributed by atoms with Crippen molar-refractivity contribution in [3.63, 3.8) is 0 Å². The first kappa shape index (κ1) is 14.1. The van der Waals surface area contributed by atoms with Crippen molar-refractivity contribution in [1.29, 1.82) is 0 Å². The standard InChI is InChI=1S/C16H21N3O2/c20-11-8-15-17-13-6-2-3-7-14(13)19(15)12-16(21)18-9-4-1-5-10-18/h2-3,6-7,20H,1,4-5,8-12H2. The highest BCUT2D eigenvalue weighted by Gasteiger charge is 2.19. The van der Waals surface area contributed by atoms with E-state index in [0.717, 1.165) is 42.8 Å². The average Bonchev–Trinajstić information content (AvgIpc) is 2.86. The molecule has 0 spiro atoms. The van der Waals surface area contributed by atoms with Crippen LogP contribution in [0, 0.1) is 0 Å². The summed E-state index contributed by atoms with van der Waals surface area (Å²) in [7, 11) is 0. The van der Waals surface area contributed by atoms with E-state index in [2.05, 4.69) is 4.98 Å². The molecule has 1 N–H and O–H groups in total. The molecule has 21 heavy (non-hydrogen) atoms. The van der Waals surface area contributed by atoms with Gasteiger partial charge in [-0.1, -0.05) is 12.1 Å². The first-order valence-electron chi connectivity index (χ1n) is 7.62. The highest BCUT2D eigenvalue weighted by molar-refractivity contribution is 5.81. The number of rotatable bonds is 4. The second-order valence-corrected chi connectivity index (χ2v) is 5.52. The van der Waals surface area contributed by atoms with Crippen molar-refractivity contribution in [1.82, 2.24) is 14.5 Å². The Morgan fingerprint density at radius 1 is 1.19 bits per heavy atom. The molecular weight excluding hydrogens is 266 g/mol. The number of nitrogens with zero attached hydrogens (tertiary/aromatic N) is 3. The number of carbonyl (C=O) groups is 1. The van der Waals surface area contributed by atoms with Gasteiger partial charge in [-0.2, -0.15) is 0 Å². The molecule has 1 aromatic carbocycles. The maximum absolute atomic E-state index is 12.5. The third-order valence-corrected chi connectivity index (χ3v) is 4.07. The van der Waals surface area contributed by atoms with Crippen LogP contribution in [0.3, 0.4) is 0 Å². The van der Waals surface area contributed by atoms with E-state index in [4.69, 9.17) is 0 Å². The Morgan fingerprint density at radius 2 is 1.95 bits per heavy atom. The Labute approximate surface area is 124 Å². The number of fused-ring (bicyclic) bond motifs is 1. The number of likely N-dealkylation sites (tertiary alicyclic amines) is 1. The van der Waals surface area contributed by atoms with E-state index in [0.29, 0.717) is 13.0 Å². The number of aliphatic hydroxyl groups is 1. The number of carbonyl (C=O) groups excluding carboxylic acids is 1. The smallest absolute Gasteiger partial charge is 0.242 e. The number of amides is 1. The number of aromatic nitrogens is 2. The van der Waals surface area contributed by atoms with Crippen molar-refractivity contribution in [3.8, 4) is 0 Å². The average molecular weight is 287 g/mol. The summed E-state index contributed by atoms with van der Waals surface area (Å²) in [4.78, 5) is 19.0. The number of hydrogen-bond donors (Lipinski definition) is 1. The lowest BCUT2D eigenvalue weighted by molar-refractivity contribution is -0.132. The zero-order chi connectivity index (χ0) is 14.7. The fourth-order valence-corrected chi connectivity index (χ4v) is 2.97. The minimum atomic E-state index is 0.0429. The van der Waals surface area contributed by atoms with Crippen molar-refractivity contribution in [3.05, 3.63) is 30.1 Å². The number of benzene rings is 1. The Kier molecular flexibility index (Phi) is 4.20. The molecule has 1 aliphatic heterocycles. The molecule has 1 fully saturated rings. The highest BCUT2D eigenvalue weighted by atomic mass is 16.3. The van der Waals surface area contributed by atoms with Crippen LogP contribution in [0.15, 0.2) is 24.3 Å². The highest BCUT2D eigenvalue weighted by Crippen LogP contribution is 2.17. The Bertz CT molecular complexity index is 629. The number of para-hydroxylation sites is 2. The molecule has 0 bridgehead atoms. The molecule has 1 aromatic heterocycles. The normalized spacial score (nSPS) is 15.6. The first-order chi connectivity index (χ1) is 10.3. The largest absolute Gasteiger partial charge is 0.396 e. The first-order valence-corrected chi connectivity index (χ1v) is 7.62. The summed E-state index contributed by atoms with van der Waals surface area (Å²) < 4.78 is 1.95. The summed E-state index contributed by atoms with van der Waals surface area (Å²) in [6.45, 7) is 2.08. The number of piperidine rings is 1. The second-order valence-electron chi connectivity index (χ2n) is 5.52. The summed E-state index contributed by atoms with van der Waals surface area (Å²) in [6.07, 6.45) is 3.88. The Morgan fingerprint density at radius 3 is 2.71 bits per heavy atom. The van der Waals surface area contributed by atoms with Gasteiger partial charge in [-0.25, -0.2) is 4.98 Å². The van der Waals surface area contributed by atoms with Crippen LogP contribution in [-0.2, 0) is 17.8 Å². The second kappa shape index (κ2) is 6.26. The molecule has 0 saturated carbocycles. The quantitative estimate of drug-likeness (QED) is 0.929. The van der Waals surface area contributed by atoms with Gasteiger partial charge in [0.15, 0.2) is 0 Å². The molecule has 112 valence electrons. The van der Waals surface area contributed by atoms with Crippen molar-refractivity contribution in [2.75, 3.05) is 19.7 Å². The van der Waals surface area contributed by atoms with E-state index in [-0.39, 0.29) is 12.5 Å². The molecule has 5 heteroatoms. The summed E-state index contributed by atoms with van der Waals surface area (Å²) in [6, 6.07) is 7.81. The van der Waals surface area contributed by atoms with E-state index in [1.165, 1.54) is 6.42 Å². The van der Waals surface area contributed by atoms with Crippen molar-refractivity contribution >= 4 is 16.9 Å². The zero-order valence-electron chi connectivity index (χ0n) is 12.2. The lowest BCUT2D eigenvalue weighted by Gasteiger charge is -2.27. The zero-order valence-corrected chi connectivity index (χ0v) is 12.2. The molecule has 0 aliphatic carbocycles. The van der Waals surface area contributed by atoms with E-state index in [9.17, 15) is 9.90 Å². The van der Waals surface area contributed by atoms with Crippen LogP contribution in [0.5, 0.6) is 0 Å². The third-order valence-electron chi connectivity index (χ3n) is 4.07. The molecule has 1 saturated heterocycles. The molecule has 2 heterocycles. The van der Waals surface area contributed by atoms with Gasteiger partial charge in [-0.05, 0) is 31.4 Å². The van der Waals surface area contributed by atoms with E-state index < -0.39 is 0 Å². The summed E-state index contributed by atoms with van der Waals surface area (Å²) in [5.74, 6) is 0.932. The monoisotopic (exact) mass is 287 g/mol. The van der Waals surface area contributed by atoms with Crippen LogP contribution < -0.4 is 0 Å². The minimum absolute atomic E-state index is 0.0429. The van der Waals surface area contributed by atoms with Crippen LogP contribution in [0.2, 0.25) is 0 Å². The lowest BCUT2D eigenvalue weighted by atomic mass is 10.1. The maximum atomic E-state index is 12.5. The van der Waals surface area contributed by atoms with Gasteiger partial charge in [-0.3, -0.25) is 4.79 Å². The van der Waals surface area contributed by atoms with E-state index in [1.54, 1.807) is 0 Å². The molecule has 0 radical (unpaired) electrons. The van der Waals surface area contributed by atoms with Crippen molar-refractivity contribution < 1.29 is 9.90 Å². The van der Waals surface area contributed by atoms with Gasteiger partial charge in [0.1, 0.15) is 12.4 Å². The minimum Gasteiger partial charge on any atom is -0.396 e. The van der Waals surface area contributed by atoms with Gasteiger partial charge in [0.25, 0.3) is 0 Å². The molecule has 1 amide bonds. The van der Waals surface area contributed by atoms with Crippen molar-refractivity contribution in [2.24, 2.45) is 0 Å². The molecule has 0 atom stereocenters. The summed E-state index contributed by atoms with van der Waals surface area (Å²) >= 11 is 0. The van der Waals surface area contributed by atoms with Gasteiger partial charge in [0.2, 0.25) is 5.91 Å². The molecule has 1 aliphatic rings. The van der Waals surface area contributed by atoms with Gasteiger partial charge < -0.3 is 14.6 Å². The van der Waals surface area contributed by atoms with Crippen molar-refractivity contribution in [2.45, 2.75) is 32.2 Å². The molecule has 2 aromatic rings. The fraction of sp³-hybridized carbons (Fsp3) is 0.500. The molecule has 3 rings (SSSR count). The van der Waals surface area contributed by atoms with Gasteiger partial charge in [0.05, 0.1) is 17.6 Å². The van der Waals surface area contributed by atoms with Crippen LogP contribution in [-0.4, -0.2) is 45.2 Å². The fourth-order valence-electron chi connectivity index (χ4n) is 2.97. The Hall–Kier alpha value is -1.88. The Balaban J connectivity index is 1.87. The number of imidazole rings is 1. The summed E-state index contributed by atoms with van der Waals surface area (Å²) in [5.41, 5.74) is 1.85. The lowest BCUT2D eigenvalue weighted by Crippen LogP contribution is -2.38. The predicted molar refractivity (Wildman–Crippen MR) is 81.0 cm³/mol. The van der Waals surface area contributed by atoms with Gasteiger partial charge >= 0.3 is 0 Å². The van der Waals surface area contributed by atoms with Gasteiger partial charge in [0, 0.05) is 19.5 Å². The van der Waals surface area contributed by atoms with Crippen LogP contribution >= 0.6 is 0 Å². The molecule has 0 unspecified atom stereocenters. The van der Waals surface area contributed by atoms with E-state index >= 15 is 0 Å². The van der Waals surface area contributed by atoms with Crippen LogP contribution in [0.1, 0.15) is 25.1 Å². The predicted octanol–water partition coefficient (Wildman–Crippen LogP) is 1.58. The third kappa shape index (κ3) is 2.93.